The van der Waals surface area contributed by atoms with Crippen LogP contribution in [0.1, 0.15) is 49.7 Å². The van der Waals surface area contributed by atoms with Gasteiger partial charge in [-0.05, 0) is 62.0 Å². The largest absolute Gasteiger partial charge is 0.325 e. The number of hydrogen-bond donors (Lipinski definition) is 2. The molecule has 2 aliphatic heterocycles. The quantitative estimate of drug-likeness (QED) is 0.799. The van der Waals surface area contributed by atoms with Crippen LogP contribution in [0.15, 0.2) is 18.2 Å². The van der Waals surface area contributed by atoms with Crippen LogP contribution in [0.2, 0.25) is 0 Å². The Hall–Kier alpha value is -2.21. The number of nitrogens with one attached hydrogen (secondary N) is 2. The third-order valence-corrected chi connectivity index (χ3v) is 6.10. The zero-order chi connectivity index (χ0) is 18.9. The Labute approximate surface area is 159 Å². The average Bonchev–Trinajstić information content (AvgIpc) is 3.08. The Morgan fingerprint density at radius 1 is 1.00 bits per heavy atom. The molecular weight excluding hydrogens is 342 g/mol. The Balaban J connectivity index is 1.38. The number of carbonyl (C=O) groups excluding carboxylic acids is 3. The van der Waals surface area contributed by atoms with Crippen LogP contribution in [0, 0.1) is 5.41 Å². The van der Waals surface area contributed by atoms with Crippen LogP contribution in [0.3, 0.4) is 0 Å². The second-order valence-electron chi connectivity index (χ2n) is 8.26. The molecule has 2 heterocycles. The predicted molar refractivity (Wildman–Crippen MR) is 102 cm³/mol. The fourth-order valence-electron chi connectivity index (χ4n) is 4.68. The van der Waals surface area contributed by atoms with Gasteiger partial charge in [0.1, 0.15) is 0 Å². The van der Waals surface area contributed by atoms with Crippen LogP contribution in [0.25, 0.3) is 0 Å². The van der Waals surface area contributed by atoms with Gasteiger partial charge in [-0.2, -0.15) is 0 Å². The zero-order valence-electron chi connectivity index (χ0n) is 15.7. The van der Waals surface area contributed by atoms with Crippen LogP contribution in [-0.4, -0.2) is 42.3 Å². The molecular formula is C21H27N3O3. The van der Waals surface area contributed by atoms with Gasteiger partial charge in [-0.1, -0.05) is 25.3 Å². The molecule has 4 rings (SSSR count). The highest BCUT2D eigenvalue weighted by Crippen LogP contribution is 2.43. The molecule has 2 saturated heterocycles. The summed E-state index contributed by atoms with van der Waals surface area (Å²) >= 11 is 0. The van der Waals surface area contributed by atoms with Crippen molar-refractivity contribution >= 4 is 23.4 Å². The number of carbonyl (C=O) groups is 3. The number of likely N-dealkylation sites (tertiary alicyclic amines) is 1. The lowest BCUT2D eigenvalue weighted by Gasteiger charge is -2.23. The van der Waals surface area contributed by atoms with E-state index < -0.39 is 5.41 Å². The zero-order valence-corrected chi connectivity index (χ0v) is 15.7. The van der Waals surface area contributed by atoms with E-state index in [0.29, 0.717) is 19.4 Å². The molecule has 3 amide bonds. The molecule has 6 heteroatoms. The van der Waals surface area contributed by atoms with Crippen LogP contribution < -0.4 is 10.6 Å². The topological polar surface area (TPSA) is 78.5 Å². The van der Waals surface area contributed by atoms with Crippen molar-refractivity contribution in [2.24, 2.45) is 5.41 Å². The van der Waals surface area contributed by atoms with Gasteiger partial charge in [0.25, 0.3) is 0 Å². The fraction of sp³-hybridized carbons (Fsp3) is 0.571. The molecule has 0 radical (unpaired) electrons. The molecule has 1 aliphatic carbocycles. The summed E-state index contributed by atoms with van der Waals surface area (Å²) in [6, 6.07) is 5.84. The number of rotatable bonds is 3. The first-order chi connectivity index (χ1) is 13.0. The summed E-state index contributed by atoms with van der Waals surface area (Å²) in [6.45, 7) is 2.41. The van der Waals surface area contributed by atoms with Gasteiger partial charge in [0.15, 0.2) is 0 Å². The number of anilines is 1. The van der Waals surface area contributed by atoms with E-state index in [4.69, 9.17) is 0 Å². The summed E-state index contributed by atoms with van der Waals surface area (Å²) in [6.07, 6.45) is 7.56. The molecule has 0 saturated carbocycles. The lowest BCUT2D eigenvalue weighted by atomic mass is 9.83. The predicted octanol–water partition coefficient (Wildman–Crippen LogP) is 2.02. The van der Waals surface area contributed by atoms with Crippen molar-refractivity contribution in [1.29, 1.82) is 0 Å². The third-order valence-electron chi connectivity index (χ3n) is 6.10. The maximum Gasteiger partial charge on any atom is 0.238 e. The highest BCUT2D eigenvalue weighted by molar-refractivity contribution is 6.06. The monoisotopic (exact) mass is 369 g/mol. The van der Waals surface area contributed by atoms with Crippen molar-refractivity contribution in [2.45, 2.75) is 51.4 Å². The number of nitrogens with zero attached hydrogens (tertiary/aromatic N) is 1. The lowest BCUT2D eigenvalue weighted by Crippen LogP contribution is -2.35. The maximum absolute atomic E-state index is 12.5. The SMILES string of the molecule is O=C1CC2(Cc3ccc(NC(=O)CN4CCCCCCC4)cc3C2)C(=O)N1. The van der Waals surface area contributed by atoms with Crippen molar-refractivity contribution in [3.8, 4) is 0 Å². The third kappa shape index (κ3) is 3.90. The minimum Gasteiger partial charge on any atom is -0.325 e. The van der Waals surface area contributed by atoms with Crippen LogP contribution in [-0.2, 0) is 27.2 Å². The molecule has 0 bridgehead atoms. The summed E-state index contributed by atoms with van der Waals surface area (Å²) in [7, 11) is 0. The first-order valence-corrected chi connectivity index (χ1v) is 10.0. The minimum atomic E-state index is -0.618. The minimum absolute atomic E-state index is 0.0111. The van der Waals surface area contributed by atoms with Crippen molar-refractivity contribution in [3.63, 3.8) is 0 Å². The smallest absolute Gasteiger partial charge is 0.238 e. The van der Waals surface area contributed by atoms with E-state index >= 15 is 0 Å². The summed E-state index contributed by atoms with van der Waals surface area (Å²) < 4.78 is 0. The first kappa shape index (κ1) is 18.2. The summed E-state index contributed by atoms with van der Waals surface area (Å²) in [5.74, 6) is -0.335. The van der Waals surface area contributed by atoms with Gasteiger partial charge < -0.3 is 5.32 Å². The van der Waals surface area contributed by atoms with Crippen molar-refractivity contribution in [2.75, 3.05) is 25.0 Å². The second-order valence-corrected chi connectivity index (χ2v) is 8.26. The van der Waals surface area contributed by atoms with Crippen LogP contribution in [0.5, 0.6) is 0 Å². The number of benzene rings is 1. The molecule has 3 aliphatic rings. The maximum atomic E-state index is 12.5. The van der Waals surface area contributed by atoms with Crippen molar-refractivity contribution in [1.82, 2.24) is 10.2 Å². The van der Waals surface area contributed by atoms with Gasteiger partial charge in [0.05, 0.1) is 12.0 Å². The molecule has 1 aromatic carbocycles. The fourth-order valence-corrected chi connectivity index (χ4v) is 4.68. The van der Waals surface area contributed by atoms with E-state index in [9.17, 15) is 14.4 Å². The molecule has 1 atom stereocenters. The van der Waals surface area contributed by atoms with Gasteiger partial charge in [-0.3, -0.25) is 24.6 Å². The Morgan fingerprint density at radius 2 is 1.70 bits per heavy atom. The molecule has 1 aromatic rings. The lowest BCUT2D eigenvalue weighted by molar-refractivity contribution is -0.128. The number of fused-ring (bicyclic) bond motifs is 1. The van der Waals surface area contributed by atoms with Gasteiger partial charge in [0.2, 0.25) is 17.7 Å². The van der Waals surface area contributed by atoms with E-state index in [1.807, 2.05) is 18.2 Å². The highest BCUT2D eigenvalue weighted by Gasteiger charge is 2.50. The van der Waals surface area contributed by atoms with E-state index in [-0.39, 0.29) is 24.1 Å². The standard InChI is InChI=1S/C21H27N3O3/c25-18-13-21(20(27)23-18)11-15-6-7-17(10-16(15)12-21)22-19(26)14-24-8-4-2-1-3-5-9-24/h6-7,10H,1-5,8-9,11-14H2,(H,22,26)(H,23,25,27). The Morgan fingerprint density at radius 3 is 2.41 bits per heavy atom. The highest BCUT2D eigenvalue weighted by atomic mass is 16.2. The molecule has 0 aromatic heterocycles. The van der Waals surface area contributed by atoms with Gasteiger partial charge in [-0.15, -0.1) is 0 Å². The van der Waals surface area contributed by atoms with Crippen molar-refractivity contribution < 1.29 is 14.4 Å². The van der Waals surface area contributed by atoms with E-state index in [1.165, 1.54) is 19.3 Å². The average molecular weight is 369 g/mol. The second kappa shape index (κ2) is 7.43. The molecule has 6 nitrogen and oxygen atoms in total. The molecule has 27 heavy (non-hydrogen) atoms. The van der Waals surface area contributed by atoms with Crippen LogP contribution >= 0.6 is 0 Å². The van der Waals surface area contributed by atoms with Gasteiger partial charge in [0, 0.05) is 12.1 Å². The van der Waals surface area contributed by atoms with Crippen LogP contribution in [0.4, 0.5) is 5.69 Å². The molecule has 1 spiro atoms. The molecule has 2 N–H and O–H groups in total. The summed E-state index contributed by atoms with van der Waals surface area (Å²) in [4.78, 5) is 38.5. The number of hydrogen-bond acceptors (Lipinski definition) is 4. The van der Waals surface area contributed by atoms with E-state index in [0.717, 1.165) is 42.7 Å². The van der Waals surface area contributed by atoms with Gasteiger partial charge in [-0.25, -0.2) is 0 Å². The number of imide groups is 1. The Bertz CT molecular complexity index is 768. The molecule has 1 unspecified atom stereocenters. The summed E-state index contributed by atoms with van der Waals surface area (Å²) in [5.41, 5.74) is 2.31. The number of amides is 3. The first-order valence-electron chi connectivity index (χ1n) is 10.0. The van der Waals surface area contributed by atoms with E-state index in [1.54, 1.807) is 0 Å². The molecule has 144 valence electrons. The molecule has 2 fully saturated rings. The normalized spacial score (nSPS) is 25.8. The summed E-state index contributed by atoms with van der Waals surface area (Å²) in [5, 5.41) is 5.44. The van der Waals surface area contributed by atoms with E-state index in [2.05, 4.69) is 15.5 Å². The Kier molecular flexibility index (Phi) is 5.00. The van der Waals surface area contributed by atoms with Gasteiger partial charge >= 0.3 is 0 Å². The van der Waals surface area contributed by atoms with Crippen molar-refractivity contribution in [3.05, 3.63) is 29.3 Å².